The van der Waals surface area contributed by atoms with Crippen molar-refractivity contribution >= 4 is 21.4 Å². The average Bonchev–Trinajstić information content (AvgIpc) is 2.58. The molecule has 2 rings (SSSR count). The normalized spacial score (nSPS) is 23.4. The number of aromatic amines is 1. The maximum absolute atomic E-state index is 11.3. The Morgan fingerprint density at radius 2 is 2.31 bits per heavy atom. The number of nitrogens with zero attached hydrogens (tertiary/aromatic N) is 1. The summed E-state index contributed by atoms with van der Waals surface area (Å²) in [6.45, 7) is 0. The van der Waals surface area contributed by atoms with Gasteiger partial charge in [0, 0.05) is 12.0 Å². The number of sulfone groups is 1. The summed E-state index contributed by atoms with van der Waals surface area (Å²) in [7, 11) is -2.97. The molecule has 1 aliphatic heterocycles. The smallest absolute Gasteiger partial charge is 0.251 e. The van der Waals surface area contributed by atoms with Crippen LogP contribution in [0.5, 0.6) is 0 Å². The van der Waals surface area contributed by atoms with Crippen LogP contribution in [0.25, 0.3) is 0 Å². The number of alkyl halides is 1. The number of halogens is 1. The van der Waals surface area contributed by atoms with Gasteiger partial charge in [0.1, 0.15) is 5.82 Å². The minimum atomic E-state index is -2.97. The number of hydrogen-bond donors (Lipinski definition) is 1. The highest BCUT2D eigenvalue weighted by molar-refractivity contribution is 7.91. The topological polar surface area (TPSA) is 79.9 Å². The zero-order valence-corrected chi connectivity index (χ0v) is 10.0. The molecule has 1 atom stereocenters. The molecule has 0 saturated carbocycles. The van der Waals surface area contributed by atoms with E-state index in [0.29, 0.717) is 17.9 Å². The minimum absolute atomic E-state index is 0.0572. The van der Waals surface area contributed by atoms with Crippen molar-refractivity contribution in [3.8, 4) is 0 Å². The van der Waals surface area contributed by atoms with E-state index in [-0.39, 0.29) is 28.9 Å². The van der Waals surface area contributed by atoms with Gasteiger partial charge in [-0.05, 0) is 6.42 Å². The maximum atomic E-state index is 11.3. The van der Waals surface area contributed by atoms with Crippen molar-refractivity contribution in [2.75, 3.05) is 11.5 Å². The van der Waals surface area contributed by atoms with Gasteiger partial charge in [0.2, 0.25) is 0 Å². The lowest BCUT2D eigenvalue weighted by molar-refractivity contribution is 0.601. The van der Waals surface area contributed by atoms with Gasteiger partial charge >= 0.3 is 0 Å². The van der Waals surface area contributed by atoms with E-state index in [1.807, 2.05) is 0 Å². The van der Waals surface area contributed by atoms with Crippen molar-refractivity contribution in [3.63, 3.8) is 0 Å². The molecule has 1 aromatic heterocycles. The van der Waals surface area contributed by atoms with Gasteiger partial charge in [0.05, 0.1) is 23.1 Å². The van der Waals surface area contributed by atoms with Crippen LogP contribution in [0.4, 0.5) is 0 Å². The van der Waals surface area contributed by atoms with E-state index < -0.39 is 9.84 Å². The van der Waals surface area contributed by atoms with E-state index in [4.69, 9.17) is 11.6 Å². The summed E-state index contributed by atoms with van der Waals surface area (Å²) < 4.78 is 22.6. The van der Waals surface area contributed by atoms with Gasteiger partial charge in [-0.15, -0.1) is 11.6 Å². The Morgan fingerprint density at radius 1 is 1.56 bits per heavy atom. The Kier molecular flexibility index (Phi) is 3.03. The van der Waals surface area contributed by atoms with E-state index in [2.05, 4.69) is 9.97 Å². The van der Waals surface area contributed by atoms with Gasteiger partial charge in [-0.3, -0.25) is 4.79 Å². The molecule has 0 amide bonds. The Morgan fingerprint density at radius 3 is 2.88 bits per heavy atom. The molecule has 1 unspecified atom stereocenters. The second kappa shape index (κ2) is 4.18. The third-order valence-electron chi connectivity index (χ3n) is 2.57. The zero-order valence-electron chi connectivity index (χ0n) is 8.44. The number of hydrogen-bond acceptors (Lipinski definition) is 4. The van der Waals surface area contributed by atoms with Crippen LogP contribution in [0.2, 0.25) is 0 Å². The second-order valence-corrected chi connectivity index (χ2v) is 6.35. The highest BCUT2D eigenvalue weighted by atomic mass is 35.5. The zero-order chi connectivity index (χ0) is 11.8. The predicted molar refractivity (Wildman–Crippen MR) is 60.4 cm³/mol. The average molecular weight is 263 g/mol. The van der Waals surface area contributed by atoms with Crippen LogP contribution in [0.1, 0.15) is 23.9 Å². The maximum Gasteiger partial charge on any atom is 0.251 e. The van der Waals surface area contributed by atoms with Crippen molar-refractivity contribution in [1.29, 1.82) is 0 Å². The van der Waals surface area contributed by atoms with Crippen molar-refractivity contribution in [1.82, 2.24) is 9.97 Å². The van der Waals surface area contributed by atoms with Crippen LogP contribution in [-0.4, -0.2) is 29.9 Å². The molecular weight excluding hydrogens is 252 g/mol. The van der Waals surface area contributed by atoms with Crippen molar-refractivity contribution in [2.24, 2.45) is 0 Å². The van der Waals surface area contributed by atoms with E-state index in [9.17, 15) is 13.2 Å². The molecule has 2 heterocycles. The molecule has 16 heavy (non-hydrogen) atoms. The van der Waals surface area contributed by atoms with E-state index in [1.165, 1.54) is 6.07 Å². The summed E-state index contributed by atoms with van der Waals surface area (Å²) in [5.74, 6) is 0.593. The molecule has 7 heteroatoms. The first-order valence-corrected chi connectivity index (χ1v) is 7.22. The fourth-order valence-corrected chi connectivity index (χ4v) is 3.69. The number of nitrogens with one attached hydrogen (secondary N) is 1. The Bertz CT molecular complexity index is 552. The quantitative estimate of drug-likeness (QED) is 0.783. The van der Waals surface area contributed by atoms with Gasteiger partial charge in [0.25, 0.3) is 5.56 Å². The van der Waals surface area contributed by atoms with Crippen LogP contribution in [0.15, 0.2) is 10.9 Å². The monoisotopic (exact) mass is 262 g/mol. The predicted octanol–water partition coefficient (Wildman–Crippen LogP) is 0.411. The molecule has 0 spiro atoms. The molecule has 1 aromatic rings. The lowest BCUT2D eigenvalue weighted by Gasteiger charge is -2.07. The molecule has 1 aliphatic rings. The molecule has 5 nitrogen and oxygen atoms in total. The molecule has 88 valence electrons. The fourth-order valence-electron chi connectivity index (χ4n) is 1.80. The van der Waals surface area contributed by atoms with Crippen LogP contribution in [0.3, 0.4) is 0 Å². The lowest BCUT2D eigenvalue weighted by atomic mass is 10.1. The third kappa shape index (κ3) is 2.44. The van der Waals surface area contributed by atoms with Crippen molar-refractivity contribution in [2.45, 2.75) is 18.2 Å². The highest BCUT2D eigenvalue weighted by Gasteiger charge is 2.30. The Labute approximate surface area is 97.8 Å². The summed E-state index contributed by atoms with van der Waals surface area (Å²) in [6.07, 6.45) is 0.511. The molecule has 0 aromatic carbocycles. The van der Waals surface area contributed by atoms with Crippen LogP contribution < -0.4 is 5.56 Å². The van der Waals surface area contributed by atoms with Crippen LogP contribution in [-0.2, 0) is 15.7 Å². The molecule has 0 bridgehead atoms. The summed E-state index contributed by atoms with van der Waals surface area (Å²) >= 11 is 5.60. The first-order chi connectivity index (χ1) is 7.50. The van der Waals surface area contributed by atoms with E-state index >= 15 is 0 Å². The van der Waals surface area contributed by atoms with Gasteiger partial charge in [-0.2, -0.15) is 0 Å². The van der Waals surface area contributed by atoms with E-state index in [0.717, 1.165) is 0 Å². The molecular formula is C9H11ClN2O3S. The second-order valence-electron chi connectivity index (χ2n) is 3.86. The molecule has 1 N–H and O–H groups in total. The largest absolute Gasteiger partial charge is 0.310 e. The third-order valence-corrected chi connectivity index (χ3v) is 4.61. The first-order valence-electron chi connectivity index (χ1n) is 4.87. The Balaban J connectivity index is 2.35. The fraction of sp³-hybridized carbons (Fsp3) is 0.556. The summed E-state index contributed by atoms with van der Waals surface area (Å²) in [6, 6.07) is 1.32. The standard InChI is InChI=1S/C9H11ClN2O3S/c10-4-7-3-8(13)12-9(11-7)6-1-2-16(14,15)5-6/h3,6H,1-2,4-5H2,(H,11,12,13). The number of H-pyrrole nitrogens is 1. The van der Waals surface area contributed by atoms with Crippen molar-refractivity contribution < 1.29 is 8.42 Å². The number of rotatable bonds is 2. The molecule has 1 saturated heterocycles. The molecule has 0 aliphatic carbocycles. The van der Waals surface area contributed by atoms with Crippen LogP contribution >= 0.6 is 11.6 Å². The SMILES string of the molecule is O=c1cc(CCl)nc(C2CCS(=O)(=O)C2)[nH]1. The highest BCUT2D eigenvalue weighted by Crippen LogP contribution is 2.25. The first kappa shape index (κ1) is 11.6. The van der Waals surface area contributed by atoms with E-state index in [1.54, 1.807) is 0 Å². The summed E-state index contributed by atoms with van der Waals surface area (Å²) in [4.78, 5) is 18.0. The van der Waals surface area contributed by atoms with Gasteiger partial charge in [-0.25, -0.2) is 13.4 Å². The van der Waals surface area contributed by atoms with Gasteiger partial charge < -0.3 is 4.98 Å². The van der Waals surface area contributed by atoms with Gasteiger partial charge in [-0.1, -0.05) is 0 Å². The number of aromatic nitrogens is 2. The van der Waals surface area contributed by atoms with Crippen molar-refractivity contribution in [3.05, 3.63) is 27.9 Å². The molecule has 0 radical (unpaired) electrons. The minimum Gasteiger partial charge on any atom is -0.310 e. The summed E-state index contributed by atoms with van der Waals surface area (Å²) in [5.41, 5.74) is 0.190. The van der Waals surface area contributed by atoms with Crippen LogP contribution in [0, 0.1) is 0 Å². The van der Waals surface area contributed by atoms with Gasteiger partial charge in [0.15, 0.2) is 9.84 Å². The molecule has 1 fully saturated rings. The Hall–Kier alpha value is -0.880. The summed E-state index contributed by atoms with van der Waals surface area (Å²) in [5, 5.41) is 0. The lowest BCUT2D eigenvalue weighted by Crippen LogP contribution is -2.16.